The summed E-state index contributed by atoms with van der Waals surface area (Å²) < 4.78 is 0. The third-order valence-electron chi connectivity index (χ3n) is 1.21. The van der Waals surface area contributed by atoms with E-state index in [4.69, 9.17) is 0 Å². The number of hydrogen-bond donors (Lipinski definition) is 0. The molecule has 0 atom stereocenters. The Kier molecular flexibility index (Phi) is 3.73. The van der Waals surface area contributed by atoms with Crippen LogP contribution in [0.2, 0.25) is 0 Å². The maximum atomic E-state index is 11.3. The zero-order chi connectivity index (χ0) is 8.81. The summed E-state index contributed by atoms with van der Waals surface area (Å²) in [6.45, 7) is 2.04. The monoisotopic (exact) mass is 182 g/mol. The summed E-state index contributed by atoms with van der Waals surface area (Å²) in [6, 6.07) is 0. The van der Waals surface area contributed by atoms with Crippen LogP contribution in [-0.4, -0.2) is 20.8 Å². The van der Waals surface area contributed by atoms with Gasteiger partial charge in [-0.05, 0) is 6.42 Å². The Morgan fingerprint density at radius 3 is 3.00 bits per heavy atom. The lowest BCUT2D eigenvalue weighted by Gasteiger charge is -1.95. The second-order valence-corrected chi connectivity index (χ2v) is 3.29. The smallest absolute Gasteiger partial charge is 0.239 e. The first-order valence-electron chi connectivity index (χ1n) is 3.77. The molecule has 0 spiro atoms. The molecule has 1 aromatic rings. The molecule has 64 valence electrons. The fourth-order valence-electron chi connectivity index (χ4n) is 0.673. The number of nitrogens with zero attached hydrogens (tertiary/aromatic N) is 2. The van der Waals surface area contributed by atoms with E-state index in [-0.39, 0.29) is 5.12 Å². The lowest BCUT2D eigenvalue weighted by Crippen LogP contribution is -1.98. The first-order valence-corrected chi connectivity index (χ1v) is 4.76. The fourth-order valence-corrected chi connectivity index (χ4v) is 1.32. The third-order valence-corrected chi connectivity index (χ3v) is 2.29. The van der Waals surface area contributed by atoms with Gasteiger partial charge in [-0.2, -0.15) is 0 Å². The van der Waals surface area contributed by atoms with Crippen molar-refractivity contribution in [3.8, 4) is 0 Å². The second-order valence-electron chi connectivity index (χ2n) is 2.23. The normalized spacial score (nSPS) is 9.75. The summed E-state index contributed by atoms with van der Waals surface area (Å²) in [6.07, 6.45) is 5.57. The van der Waals surface area contributed by atoms with Crippen LogP contribution in [0, 0.1) is 0 Å². The van der Waals surface area contributed by atoms with Crippen LogP contribution in [0.4, 0.5) is 0 Å². The average molecular weight is 182 g/mol. The minimum atomic E-state index is 0.00458. The van der Waals surface area contributed by atoms with Crippen LogP contribution in [0.3, 0.4) is 0 Å². The summed E-state index contributed by atoms with van der Waals surface area (Å²) in [5.41, 5.74) is 0.441. The van der Waals surface area contributed by atoms with Crippen molar-refractivity contribution in [2.45, 2.75) is 13.3 Å². The molecule has 0 bridgehead atoms. The van der Waals surface area contributed by atoms with E-state index in [9.17, 15) is 4.79 Å². The fraction of sp³-hybridized carbons (Fsp3) is 0.375. The Labute approximate surface area is 75.6 Å². The topological polar surface area (TPSA) is 42.9 Å². The highest BCUT2D eigenvalue weighted by atomic mass is 32.2. The van der Waals surface area contributed by atoms with Gasteiger partial charge in [0.15, 0.2) is 0 Å². The SMILES string of the molecule is CCCSC(=O)c1cnccn1. The number of carbonyl (C=O) groups excluding carboxylic acids is 1. The van der Waals surface area contributed by atoms with Gasteiger partial charge in [-0.1, -0.05) is 18.7 Å². The number of aromatic nitrogens is 2. The van der Waals surface area contributed by atoms with Crippen LogP contribution < -0.4 is 0 Å². The number of carbonyl (C=O) groups is 1. The molecule has 0 aliphatic heterocycles. The highest BCUT2D eigenvalue weighted by molar-refractivity contribution is 8.14. The van der Waals surface area contributed by atoms with Crippen LogP contribution in [0.5, 0.6) is 0 Å². The standard InChI is InChI=1S/C8H10N2OS/c1-2-5-12-8(11)7-6-9-3-4-10-7/h3-4,6H,2,5H2,1H3. The molecule has 0 aliphatic carbocycles. The molecule has 4 heteroatoms. The molecule has 0 unspecified atom stereocenters. The van der Waals surface area contributed by atoms with Crippen molar-refractivity contribution in [2.24, 2.45) is 0 Å². The van der Waals surface area contributed by atoms with Gasteiger partial charge >= 0.3 is 0 Å². The molecular weight excluding hydrogens is 172 g/mol. The highest BCUT2D eigenvalue weighted by Gasteiger charge is 2.05. The Bertz CT molecular complexity index is 250. The van der Waals surface area contributed by atoms with E-state index in [1.165, 1.54) is 24.2 Å². The van der Waals surface area contributed by atoms with Gasteiger partial charge in [0.05, 0.1) is 6.20 Å². The number of thioether (sulfide) groups is 1. The molecule has 3 nitrogen and oxygen atoms in total. The van der Waals surface area contributed by atoms with E-state index in [2.05, 4.69) is 9.97 Å². The van der Waals surface area contributed by atoms with Gasteiger partial charge in [0.1, 0.15) is 5.69 Å². The number of hydrogen-bond acceptors (Lipinski definition) is 4. The van der Waals surface area contributed by atoms with Crippen LogP contribution in [0.25, 0.3) is 0 Å². The molecule has 0 saturated carbocycles. The summed E-state index contributed by atoms with van der Waals surface area (Å²) in [7, 11) is 0. The van der Waals surface area contributed by atoms with Gasteiger partial charge in [0.2, 0.25) is 5.12 Å². The van der Waals surface area contributed by atoms with Crippen LogP contribution in [-0.2, 0) is 0 Å². The second kappa shape index (κ2) is 4.87. The molecule has 1 aromatic heterocycles. The van der Waals surface area contributed by atoms with E-state index >= 15 is 0 Å². The van der Waals surface area contributed by atoms with Crippen molar-refractivity contribution in [3.05, 3.63) is 24.3 Å². The van der Waals surface area contributed by atoms with Gasteiger partial charge in [-0.25, -0.2) is 4.98 Å². The molecule has 12 heavy (non-hydrogen) atoms. The summed E-state index contributed by atoms with van der Waals surface area (Å²) in [5.74, 6) is 0.843. The van der Waals surface area contributed by atoms with Crippen molar-refractivity contribution >= 4 is 16.9 Å². The molecule has 0 aromatic carbocycles. The predicted molar refractivity (Wildman–Crippen MR) is 49.1 cm³/mol. The van der Waals surface area contributed by atoms with E-state index < -0.39 is 0 Å². The maximum Gasteiger partial charge on any atom is 0.239 e. The van der Waals surface area contributed by atoms with Crippen molar-refractivity contribution in [1.82, 2.24) is 9.97 Å². The van der Waals surface area contributed by atoms with E-state index in [0.29, 0.717) is 5.69 Å². The molecule has 0 radical (unpaired) electrons. The third kappa shape index (κ3) is 2.62. The van der Waals surface area contributed by atoms with Gasteiger partial charge in [0, 0.05) is 18.1 Å². The van der Waals surface area contributed by atoms with Crippen molar-refractivity contribution in [1.29, 1.82) is 0 Å². The zero-order valence-electron chi connectivity index (χ0n) is 6.86. The van der Waals surface area contributed by atoms with Gasteiger partial charge in [0.25, 0.3) is 0 Å². The Balaban J connectivity index is 2.54. The summed E-state index contributed by atoms with van der Waals surface area (Å²) in [4.78, 5) is 19.0. The molecule has 0 saturated heterocycles. The van der Waals surface area contributed by atoms with Crippen molar-refractivity contribution in [3.63, 3.8) is 0 Å². The molecule has 0 fully saturated rings. The van der Waals surface area contributed by atoms with Crippen LogP contribution in [0.15, 0.2) is 18.6 Å². The lowest BCUT2D eigenvalue weighted by molar-refractivity contribution is 0.108. The van der Waals surface area contributed by atoms with Crippen LogP contribution >= 0.6 is 11.8 Å². The largest absolute Gasteiger partial charge is 0.280 e. The Hall–Kier alpha value is -0.900. The van der Waals surface area contributed by atoms with Crippen molar-refractivity contribution in [2.75, 3.05) is 5.75 Å². The summed E-state index contributed by atoms with van der Waals surface area (Å²) >= 11 is 1.29. The Morgan fingerprint density at radius 1 is 1.58 bits per heavy atom. The molecule has 1 rings (SSSR count). The minimum absolute atomic E-state index is 0.00458. The quantitative estimate of drug-likeness (QED) is 0.714. The average Bonchev–Trinajstić information content (AvgIpc) is 2.15. The molecule has 0 N–H and O–H groups in total. The van der Waals surface area contributed by atoms with Crippen LogP contribution in [0.1, 0.15) is 23.8 Å². The first-order chi connectivity index (χ1) is 5.84. The molecule has 0 aliphatic rings. The zero-order valence-corrected chi connectivity index (χ0v) is 7.67. The maximum absolute atomic E-state index is 11.3. The molecule has 1 heterocycles. The molecular formula is C8H10N2OS. The highest BCUT2D eigenvalue weighted by Crippen LogP contribution is 2.09. The van der Waals surface area contributed by atoms with Gasteiger partial charge in [-0.15, -0.1) is 0 Å². The van der Waals surface area contributed by atoms with E-state index in [1.54, 1.807) is 6.20 Å². The lowest BCUT2D eigenvalue weighted by atomic mass is 10.5. The number of rotatable bonds is 3. The van der Waals surface area contributed by atoms with Gasteiger partial charge in [-0.3, -0.25) is 9.78 Å². The molecule has 0 amide bonds. The Morgan fingerprint density at radius 2 is 2.42 bits per heavy atom. The predicted octanol–water partition coefficient (Wildman–Crippen LogP) is 1.76. The summed E-state index contributed by atoms with van der Waals surface area (Å²) in [5, 5.41) is 0.00458. The minimum Gasteiger partial charge on any atom is -0.280 e. The van der Waals surface area contributed by atoms with Gasteiger partial charge < -0.3 is 0 Å². The van der Waals surface area contributed by atoms with E-state index in [1.807, 2.05) is 6.92 Å². The van der Waals surface area contributed by atoms with E-state index in [0.717, 1.165) is 12.2 Å². The first kappa shape index (κ1) is 9.19. The van der Waals surface area contributed by atoms with Crippen molar-refractivity contribution < 1.29 is 4.79 Å².